The number of rotatable bonds is 2. The Morgan fingerprint density at radius 2 is 1.32 bits per heavy atom. The fourth-order valence-corrected chi connectivity index (χ4v) is 2.03. The summed E-state index contributed by atoms with van der Waals surface area (Å²) in [4.78, 5) is -4.20. The molecule has 0 radical (unpaired) electrons. The van der Waals surface area contributed by atoms with Crippen molar-refractivity contribution in [3.8, 4) is 0 Å². The molecule has 0 aromatic heterocycles. The highest BCUT2D eigenvalue weighted by molar-refractivity contribution is 5.16. The van der Waals surface area contributed by atoms with Gasteiger partial charge in [0.2, 0.25) is 0 Å². The first-order valence-electron chi connectivity index (χ1n) is 5.65. The highest BCUT2D eigenvalue weighted by Crippen LogP contribution is 2.58. The van der Waals surface area contributed by atoms with Crippen LogP contribution in [0, 0.1) is 0 Å². The van der Waals surface area contributed by atoms with Crippen molar-refractivity contribution in [2.24, 2.45) is 0 Å². The van der Waals surface area contributed by atoms with E-state index in [1.165, 1.54) is 18.2 Å². The molecule has 0 atom stereocenters. The van der Waals surface area contributed by atoms with E-state index < -0.39 is 40.9 Å². The maximum Gasteiger partial charge on any atom is 0.470 e. The molecule has 1 aliphatic heterocycles. The summed E-state index contributed by atoms with van der Waals surface area (Å²) in [6.45, 7) is -1.50. The Kier molecular flexibility index (Phi) is 3.64. The van der Waals surface area contributed by atoms with E-state index in [1.54, 1.807) is 0 Å². The van der Waals surface area contributed by atoms with Crippen molar-refractivity contribution < 1.29 is 39.5 Å². The Balaban J connectivity index is 2.50. The summed E-state index contributed by atoms with van der Waals surface area (Å²) < 4.78 is 118. The molecule has 0 aliphatic carbocycles. The van der Waals surface area contributed by atoms with E-state index >= 15 is 0 Å². The molecule has 0 bridgehead atoms. The molecule has 0 unspecified atom stereocenters. The maximum absolute atomic E-state index is 13.6. The van der Waals surface area contributed by atoms with Crippen LogP contribution in [0.25, 0.3) is 0 Å². The molecule has 1 saturated heterocycles. The smallest absolute Gasteiger partial charge is 0.179 e. The van der Waals surface area contributed by atoms with Crippen LogP contribution in [0.1, 0.15) is 5.56 Å². The first-order valence-corrected chi connectivity index (χ1v) is 5.65. The fraction of sp³-hybridized carbons (Fsp3) is 0.455. The minimum absolute atomic E-state index is 0.276. The molecule has 1 aromatic carbocycles. The van der Waals surface area contributed by atoms with Crippen LogP contribution in [0.15, 0.2) is 30.3 Å². The summed E-state index contributed by atoms with van der Waals surface area (Å²) in [5.41, 5.74) is -0.276. The van der Waals surface area contributed by atoms with E-state index in [0.717, 1.165) is 12.1 Å². The average Bonchev–Trinajstić information content (AvgIpc) is 2.43. The van der Waals surface area contributed by atoms with Gasteiger partial charge in [0.05, 0.1) is 0 Å². The quantitative estimate of drug-likeness (QED) is 0.593. The molecule has 1 aliphatic rings. The normalized spacial score (nSPS) is 24.6. The minimum atomic E-state index is -6.36. The molecular weight excluding hydrogens is 331 g/mol. The number of hydrogen-bond acceptors (Lipinski definition) is 2. The van der Waals surface area contributed by atoms with Gasteiger partial charge in [-0.2, -0.15) is 44.4 Å². The standard InChI is InChI=1S/C11H7F9N2/c12-8(13)9(14,15)22(10(16,17)18)11(19,20)21(8)6-7-4-2-1-3-5-7/h1-5H,6H2. The Labute approximate surface area is 117 Å². The van der Waals surface area contributed by atoms with E-state index in [-0.39, 0.29) is 5.56 Å². The monoisotopic (exact) mass is 338 g/mol. The van der Waals surface area contributed by atoms with Gasteiger partial charge in [-0.15, -0.1) is 0 Å². The first-order chi connectivity index (χ1) is 9.83. The molecule has 0 N–H and O–H groups in total. The zero-order chi connectivity index (χ0) is 17.0. The zero-order valence-electron chi connectivity index (χ0n) is 10.4. The molecule has 1 aromatic rings. The van der Waals surface area contributed by atoms with Crippen molar-refractivity contribution in [3.63, 3.8) is 0 Å². The van der Waals surface area contributed by atoms with E-state index in [0.29, 0.717) is 0 Å². The summed E-state index contributed by atoms with van der Waals surface area (Å²) >= 11 is 0. The van der Waals surface area contributed by atoms with Crippen molar-refractivity contribution >= 4 is 0 Å². The second-order valence-corrected chi connectivity index (χ2v) is 4.47. The summed E-state index contributed by atoms with van der Waals surface area (Å²) in [5, 5.41) is 0. The van der Waals surface area contributed by atoms with Crippen LogP contribution in [0.2, 0.25) is 0 Å². The van der Waals surface area contributed by atoms with Gasteiger partial charge >= 0.3 is 24.6 Å². The van der Waals surface area contributed by atoms with Crippen molar-refractivity contribution in [2.45, 2.75) is 31.1 Å². The number of halogens is 9. The third-order valence-corrected chi connectivity index (χ3v) is 3.01. The average molecular weight is 338 g/mol. The zero-order valence-corrected chi connectivity index (χ0v) is 10.4. The van der Waals surface area contributed by atoms with Gasteiger partial charge in [-0.3, -0.25) is 0 Å². The van der Waals surface area contributed by atoms with Gasteiger partial charge in [-0.1, -0.05) is 35.2 Å². The van der Waals surface area contributed by atoms with Gasteiger partial charge in [-0.25, -0.2) is 0 Å². The van der Waals surface area contributed by atoms with Crippen LogP contribution < -0.4 is 0 Å². The molecule has 11 heteroatoms. The Hall–Kier alpha value is -1.49. The van der Waals surface area contributed by atoms with Gasteiger partial charge < -0.3 is 0 Å². The van der Waals surface area contributed by atoms with Crippen LogP contribution >= 0.6 is 0 Å². The van der Waals surface area contributed by atoms with Crippen LogP contribution in [-0.4, -0.2) is 34.4 Å². The van der Waals surface area contributed by atoms with Crippen LogP contribution in [-0.2, 0) is 6.54 Å². The van der Waals surface area contributed by atoms with Crippen molar-refractivity contribution in [1.82, 2.24) is 9.80 Å². The Morgan fingerprint density at radius 1 is 0.818 bits per heavy atom. The van der Waals surface area contributed by atoms with Crippen LogP contribution in [0.4, 0.5) is 39.5 Å². The highest BCUT2D eigenvalue weighted by atomic mass is 19.4. The van der Waals surface area contributed by atoms with Gasteiger partial charge in [0.1, 0.15) is 0 Å². The second-order valence-electron chi connectivity index (χ2n) is 4.47. The van der Waals surface area contributed by atoms with Crippen molar-refractivity contribution in [3.05, 3.63) is 35.9 Å². The van der Waals surface area contributed by atoms with Crippen LogP contribution in [0.3, 0.4) is 0 Å². The van der Waals surface area contributed by atoms with Gasteiger partial charge in [0, 0.05) is 6.54 Å². The van der Waals surface area contributed by atoms with Crippen LogP contribution in [0.5, 0.6) is 0 Å². The third-order valence-electron chi connectivity index (χ3n) is 3.01. The summed E-state index contributed by atoms with van der Waals surface area (Å²) in [7, 11) is 0. The first kappa shape index (κ1) is 16.9. The lowest BCUT2D eigenvalue weighted by Gasteiger charge is -2.29. The van der Waals surface area contributed by atoms with E-state index in [9.17, 15) is 39.5 Å². The molecule has 0 saturated carbocycles. The number of nitrogens with zero attached hydrogens (tertiary/aromatic N) is 2. The minimum Gasteiger partial charge on any atom is -0.179 e. The molecule has 0 amide bonds. The molecule has 2 rings (SSSR count). The molecule has 22 heavy (non-hydrogen) atoms. The molecule has 124 valence electrons. The second kappa shape index (κ2) is 4.75. The van der Waals surface area contributed by atoms with Crippen molar-refractivity contribution in [2.75, 3.05) is 0 Å². The molecule has 1 heterocycles. The predicted molar refractivity (Wildman–Crippen MR) is 54.7 cm³/mol. The Bertz CT molecular complexity index is 540. The van der Waals surface area contributed by atoms with E-state index in [1.807, 2.05) is 0 Å². The number of alkyl halides is 9. The third kappa shape index (κ3) is 2.32. The van der Waals surface area contributed by atoms with E-state index in [2.05, 4.69) is 0 Å². The van der Waals surface area contributed by atoms with E-state index in [4.69, 9.17) is 0 Å². The maximum atomic E-state index is 13.6. The summed E-state index contributed by atoms with van der Waals surface area (Å²) in [6, 6.07) is -5.89. The SMILES string of the molecule is FC(F)(F)N1C(F)(F)N(Cc2ccccc2)C(F)(F)C1(F)F. The number of benzene rings is 1. The van der Waals surface area contributed by atoms with Gasteiger partial charge in [0.15, 0.2) is 0 Å². The largest absolute Gasteiger partial charge is 0.470 e. The molecule has 1 fully saturated rings. The van der Waals surface area contributed by atoms with Gasteiger partial charge in [-0.05, 0) is 5.56 Å². The topological polar surface area (TPSA) is 6.48 Å². The highest BCUT2D eigenvalue weighted by Gasteiger charge is 2.86. The molecular formula is C11H7F9N2. The predicted octanol–water partition coefficient (Wildman–Crippen LogP) is 4.06. The van der Waals surface area contributed by atoms with Gasteiger partial charge in [0.25, 0.3) is 0 Å². The lowest BCUT2D eigenvalue weighted by molar-refractivity contribution is -0.401. The van der Waals surface area contributed by atoms with Crippen molar-refractivity contribution in [1.29, 1.82) is 0 Å². The lowest BCUT2D eigenvalue weighted by Crippen LogP contribution is -2.56. The molecule has 2 nitrogen and oxygen atoms in total. The summed E-state index contributed by atoms with van der Waals surface area (Å²) in [5.74, 6) is 0. The lowest BCUT2D eigenvalue weighted by atomic mass is 10.2. The fourth-order valence-electron chi connectivity index (χ4n) is 2.03. The summed E-state index contributed by atoms with van der Waals surface area (Å²) in [6.07, 6.45) is -12.0. The number of hydrogen-bond donors (Lipinski definition) is 0. The Morgan fingerprint density at radius 3 is 1.73 bits per heavy atom. The molecule has 0 spiro atoms.